The monoisotopic (exact) mass is 289 g/mol. The van der Waals surface area contributed by atoms with E-state index < -0.39 is 0 Å². The lowest BCUT2D eigenvalue weighted by molar-refractivity contribution is -0.117. The molecule has 1 heterocycles. The van der Waals surface area contributed by atoms with Crippen LogP contribution in [0.25, 0.3) is 0 Å². The van der Waals surface area contributed by atoms with Crippen molar-refractivity contribution in [1.82, 2.24) is 5.32 Å². The van der Waals surface area contributed by atoms with E-state index in [0.717, 1.165) is 15.8 Å². The van der Waals surface area contributed by atoms with Gasteiger partial charge in [-0.1, -0.05) is 6.92 Å². The van der Waals surface area contributed by atoms with E-state index in [9.17, 15) is 4.79 Å². The second kappa shape index (κ2) is 6.40. The fourth-order valence-electron chi connectivity index (χ4n) is 1.14. The number of Topliss-reactive ketones (excluding diaryl/α,β-unsaturated/α-hetero) is 1. The number of carbonyl (C=O) groups is 1. The minimum atomic E-state index is 0.254. The van der Waals surface area contributed by atoms with Crippen molar-refractivity contribution in [3.8, 4) is 0 Å². The summed E-state index contributed by atoms with van der Waals surface area (Å²) in [6.45, 7) is 4.68. The van der Waals surface area contributed by atoms with Crippen LogP contribution in [0.4, 0.5) is 0 Å². The number of thiophene rings is 1. The summed E-state index contributed by atoms with van der Waals surface area (Å²) >= 11 is 5.00. The summed E-state index contributed by atoms with van der Waals surface area (Å²) in [5.74, 6) is 0.254. The fourth-order valence-corrected chi connectivity index (χ4v) is 2.62. The highest BCUT2D eigenvalue weighted by Gasteiger charge is 2.07. The van der Waals surface area contributed by atoms with Gasteiger partial charge in [0.25, 0.3) is 0 Å². The smallest absolute Gasteiger partial charge is 0.151 e. The van der Waals surface area contributed by atoms with Crippen molar-refractivity contribution in [2.24, 2.45) is 0 Å². The van der Waals surface area contributed by atoms with E-state index in [2.05, 4.69) is 35.1 Å². The normalized spacial score (nSPS) is 12.7. The molecule has 0 spiro atoms. The molecule has 1 rings (SSSR count). The quantitative estimate of drug-likeness (QED) is 0.872. The zero-order valence-corrected chi connectivity index (χ0v) is 11.5. The third kappa shape index (κ3) is 4.91. The Morgan fingerprint density at radius 3 is 2.93 bits per heavy atom. The SMILES string of the molecule is CCC(C)NCC(=O)Cc1cc(Br)cs1. The third-order valence-corrected chi connectivity index (χ3v) is 3.95. The minimum Gasteiger partial charge on any atom is -0.307 e. The Bertz CT molecular complexity index is 324. The summed E-state index contributed by atoms with van der Waals surface area (Å²) in [5.41, 5.74) is 0. The van der Waals surface area contributed by atoms with Crippen molar-refractivity contribution in [1.29, 1.82) is 0 Å². The van der Waals surface area contributed by atoms with Crippen molar-refractivity contribution >= 4 is 33.0 Å². The van der Waals surface area contributed by atoms with Crippen molar-refractivity contribution < 1.29 is 4.79 Å². The highest BCUT2D eigenvalue weighted by molar-refractivity contribution is 9.10. The topological polar surface area (TPSA) is 29.1 Å². The summed E-state index contributed by atoms with van der Waals surface area (Å²) in [5, 5.41) is 5.21. The lowest BCUT2D eigenvalue weighted by Gasteiger charge is -2.09. The van der Waals surface area contributed by atoms with E-state index in [1.54, 1.807) is 11.3 Å². The van der Waals surface area contributed by atoms with Crippen LogP contribution in [-0.2, 0) is 11.2 Å². The zero-order valence-electron chi connectivity index (χ0n) is 9.05. The van der Waals surface area contributed by atoms with Gasteiger partial charge in [0.15, 0.2) is 5.78 Å². The van der Waals surface area contributed by atoms with Crippen LogP contribution in [0.2, 0.25) is 0 Å². The van der Waals surface area contributed by atoms with E-state index in [-0.39, 0.29) is 5.78 Å². The number of halogens is 1. The number of rotatable bonds is 6. The van der Waals surface area contributed by atoms with Crippen LogP contribution in [0.1, 0.15) is 25.1 Å². The van der Waals surface area contributed by atoms with Crippen LogP contribution in [0, 0.1) is 0 Å². The maximum atomic E-state index is 11.6. The van der Waals surface area contributed by atoms with Gasteiger partial charge in [-0.2, -0.15) is 0 Å². The Hall–Kier alpha value is -0.190. The minimum absolute atomic E-state index is 0.254. The summed E-state index contributed by atoms with van der Waals surface area (Å²) in [4.78, 5) is 12.7. The summed E-state index contributed by atoms with van der Waals surface area (Å²) in [6.07, 6.45) is 1.59. The van der Waals surface area contributed by atoms with Gasteiger partial charge in [0.05, 0.1) is 6.54 Å². The molecule has 0 bridgehead atoms. The Morgan fingerprint density at radius 2 is 2.40 bits per heavy atom. The first kappa shape index (κ1) is 12.9. The van der Waals surface area contributed by atoms with Crippen LogP contribution in [0.15, 0.2) is 15.9 Å². The molecule has 0 saturated carbocycles. The first-order valence-corrected chi connectivity index (χ1v) is 6.77. The first-order chi connectivity index (χ1) is 7.11. The molecular weight excluding hydrogens is 274 g/mol. The molecule has 0 radical (unpaired) electrons. The predicted octanol–water partition coefficient (Wildman–Crippen LogP) is 3.01. The van der Waals surface area contributed by atoms with Crippen LogP contribution < -0.4 is 5.32 Å². The largest absolute Gasteiger partial charge is 0.307 e. The molecule has 4 heteroatoms. The van der Waals surface area contributed by atoms with E-state index >= 15 is 0 Å². The van der Waals surface area contributed by atoms with Gasteiger partial charge in [0.2, 0.25) is 0 Å². The predicted molar refractivity (Wildman–Crippen MR) is 68.5 cm³/mol. The Kier molecular flexibility index (Phi) is 5.50. The van der Waals surface area contributed by atoms with Crippen molar-refractivity contribution in [2.75, 3.05) is 6.54 Å². The Morgan fingerprint density at radius 1 is 1.67 bits per heavy atom. The zero-order chi connectivity index (χ0) is 11.3. The molecule has 0 aliphatic carbocycles. The number of nitrogens with one attached hydrogen (secondary N) is 1. The molecule has 2 nitrogen and oxygen atoms in total. The Balaban J connectivity index is 2.30. The molecule has 0 aliphatic rings. The van der Waals surface area contributed by atoms with E-state index in [0.29, 0.717) is 19.0 Å². The lowest BCUT2D eigenvalue weighted by atomic mass is 10.2. The average Bonchev–Trinajstić information content (AvgIpc) is 2.60. The highest BCUT2D eigenvalue weighted by atomic mass is 79.9. The molecule has 1 N–H and O–H groups in total. The number of carbonyl (C=O) groups excluding carboxylic acids is 1. The summed E-state index contributed by atoms with van der Waals surface area (Å²) < 4.78 is 1.06. The molecule has 0 amide bonds. The maximum absolute atomic E-state index is 11.6. The Labute approximate surface area is 103 Å². The second-order valence-corrected chi connectivity index (χ2v) is 5.55. The van der Waals surface area contributed by atoms with Crippen molar-refractivity contribution in [3.63, 3.8) is 0 Å². The van der Waals surface area contributed by atoms with Crippen LogP contribution in [-0.4, -0.2) is 18.4 Å². The fraction of sp³-hybridized carbons (Fsp3) is 0.545. The van der Waals surface area contributed by atoms with Gasteiger partial charge in [-0.3, -0.25) is 4.79 Å². The van der Waals surface area contributed by atoms with Gasteiger partial charge >= 0.3 is 0 Å². The van der Waals surface area contributed by atoms with E-state index in [1.807, 2.05) is 11.4 Å². The molecule has 1 aromatic heterocycles. The molecule has 1 unspecified atom stereocenters. The van der Waals surface area contributed by atoms with Crippen LogP contribution in [0.3, 0.4) is 0 Å². The average molecular weight is 290 g/mol. The van der Waals surface area contributed by atoms with Gasteiger partial charge in [-0.15, -0.1) is 11.3 Å². The number of ketones is 1. The summed E-state index contributed by atoms with van der Waals surface area (Å²) in [7, 11) is 0. The van der Waals surface area contributed by atoms with Crippen LogP contribution in [0.5, 0.6) is 0 Å². The molecule has 1 aromatic rings. The molecule has 0 saturated heterocycles. The van der Waals surface area contributed by atoms with Crippen LogP contribution >= 0.6 is 27.3 Å². The molecule has 0 fully saturated rings. The van der Waals surface area contributed by atoms with Gasteiger partial charge in [-0.05, 0) is 35.3 Å². The number of hydrogen-bond donors (Lipinski definition) is 1. The second-order valence-electron chi connectivity index (χ2n) is 3.64. The molecule has 0 aliphatic heterocycles. The van der Waals surface area contributed by atoms with Crippen molar-refractivity contribution in [3.05, 3.63) is 20.8 Å². The van der Waals surface area contributed by atoms with Crippen molar-refractivity contribution in [2.45, 2.75) is 32.7 Å². The molecule has 15 heavy (non-hydrogen) atoms. The van der Waals surface area contributed by atoms with Gasteiger partial charge in [-0.25, -0.2) is 0 Å². The molecule has 84 valence electrons. The van der Waals surface area contributed by atoms with E-state index in [4.69, 9.17) is 0 Å². The lowest BCUT2D eigenvalue weighted by Crippen LogP contribution is -2.31. The van der Waals surface area contributed by atoms with Gasteiger partial charge < -0.3 is 5.32 Å². The third-order valence-electron chi connectivity index (χ3n) is 2.25. The first-order valence-electron chi connectivity index (χ1n) is 5.09. The maximum Gasteiger partial charge on any atom is 0.151 e. The standard InChI is InChI=1S/C11H16BrNOS/c1-3-8(2)13-6-10(14)5-11-4-9(12)7-15-11/h4,7-8,13H,3,5-6H2,1-2H3. The molecular formula is C11H16BrNOS. The van der Waals surface area contributed by atoms with Gasteiger partial charge in [0.1, 0.15) is 0 Å². The van der Waals surface area contributed by atoms with Gasteiger partial charge in [0, 0.05) is 27.2 Å². The molecule has 0 aromatic carbocycles. The van der Waals surface area contributed by atoms with E-state index in [1.165, 1.54) is 0 Å². The summed E-state index contributed by atoms with van der Waals surface area (Å²) in [6, 6.07) is 2.43. The highest BCUT2D eigenvalue weighted by Crippen LogP contribution is 2.20. The molecule has 1 atom stereocenters. The number of hydrogen-bond acceptors (Lipinski definition) is 3.